The molecule has 0 fully saturated rings. The van der Waals surface area contributed by atoms with Crippen molar-refractivity contribution in [2.45, 2.75) is 43.9 Å². The molecule has 1 heterocycles. The molecule has 0 aliphatic heterocycles. The zero-order chi connectivity index (χ0) is 29.3. The Balaban J connectivity index is 1.74. The number of rotatable bonds is 14. The van der Waals surface area contributed by atoms with E-state index in [2.05, 4.69) is 10.3 Å². The van der Waals surface area contributed by atoms with Gasteiger partial charge in [0.05, 0.1) is 27.7 Å². The Labute approximate surface area is 232 Å². The van der Waals surface area contributed by atoms with Gasteiger partial charge in [-0.3, -0.25) is 15.1 Å². The molecule has 3 rings (SSSR count). The molecule has 40 heavy (non-hydrogen) atoms. The van der Waals surface area contributed by atoms with E-state index in [1.165, 1.54) is 0 Å². The fourth-order valence-corrected chi connectivity index (χ4v) is 5.58. The third kappa shape index (κ3) is 8.73. The van der Waals surface area contributed by atoms with E-state index in [4.69, 9.17) is 4.74 Å². The molecular weight excluding hydrogens is 540 g/mol. The molecule has 0 radical (unpaired) electrons. The van der Waals surface area contributed by atoms with Crippen LogP contribution >= 0.6 is 0 Å². The van der Waals surface area contributed by atoms with Crippen LogP contribution < -0.4 is 10.1 Å². The van der Waals surface area contributed by atoms with Crippen molar-refractivity contribution in [3.05, 3.63) is 94.3 Å². The van der Waals surface area contributed by atoms with Crippen LogP contribution in [0.3, 0.4) is 0 Å². The molecule has 214 valence electrons. The maximum absolute atomic E-state index is 13.4. The lowest BCUT2D eigenvalue weighted by Gasteiger charge is -2.30. The van der Waals surface area contributed by atoms with Crippen molar-refractivity contribution in [1.82, 2.24) is 14.6 Å². The second-order valence-electron chi connectivity index (χ2n) is 9.55. The molecule has 0 spiro atoms. The summed E-state index contributed by atoms with van der Waals surface area (Å²) in [6.07, 6.45) is -1.01. The van der Waals surface area contributed by atoms with Gasteiger partial charge in [-0.2, -0.15) is 4.31 Å². The predicted octanol–water partition coefficient (Wildman–Crippen LogP) is 3.46. The number of nitro groups is 1. The molecule has 0 bridgehead atoms. The van der Waals surface area contributed by atoms with Gasteiger partial charge in [0.2, 0.25) is 10.0 Å². The summed E-state index contributed by atoms with van der Waals surface area (Å²) in [6, 6.07) is 15.8. The molecule has 1 amide bonds. The largest absolute Gasteiger partial charge is 0.487 e. The van der Waals surface area contributed by atoms with Gasteiger partial charge < -0.3 is 20.3 Å². The van der Waals surface area contributed by atoms with Crippen molar-refractivity contribution in [1.29, 1.82) is 0 Å². The summed E-state index contributed by atoms with van der Waals surface area (Å²) in [5.74, 6) is 0.458. The molecule has 13 heteroatoms. The zero-order valence-corrected chi connectivity index (χ0v) is 22.9. The number of benzene rings is 2. The summed E-state index contributed by atoms with van der Waals surface area (Å²) in [6.45, 7) is 3.52. The molecule has 0 aliphatic rings. The van der Waals surface area contributed by atoms with Gasteiger partial charge in [0, 0.05) is 31.4 Å². The number of aromatic nitrogens is 1. The van der Waals surface area contributed by atoms with E-state index >= 15 is 0 Å². The molecular formula is C27H32N4O8S. The number of nitrogens with one attached hydrogen (secondary N) is 1. The Morgan fingerprint density at radius 1 is 1.07 bits per heavy atom. The Kier molecular flexibility index (Phi) is 10.5. The fraction of sp³-hybridized carbons (Fsp3) is 0.333. The van der Waals surface area contributed by atoms with E-state index < -0.39 is 39.7 Å². The van der Waals surface area contributed by atoms with Gasteiger partial charge in [-0.15, -0.1) is 0 Å². The van der Waals surface area contributed by atoms with Gasteiger partial charge in [-0.05, 0) is 54.3 Å². The van der Waals surface area contributed by atoms with Crippen LogP contribution in [0.25, 0.3) is 0 Å². The number of nitro benzene ring substituents is 1. The van der Waals surface area contributed by atoms with Gasteiger partial charge in [0.25, 0.3) is 5.69 Å². The molecule has 2 atom stereocenters. The first-order valence-corrected chi connectivity index (χ1v) is 13.9. The summed E-state index contributed by atoms with van der Waals surface area (Å²) in [4.78, 5) is 25.9. The number of amides is 1. The number of carbonyl (C=O) groups is 1. The van der Waals surface area contributed by atoms with Crippen molar-refractivity contribution >= 4 is 21.8 Å². The minimum atomic E-state index is -4.15. The van der Waals surface area contributed by atoms with Gasteiger partial charge in [-0.25, -0.2) is 13.2 Å². The molecule has 12 nitrogen and oxygen atoms in total. The highest BCUT2D eigenvalue weighted by Gasteiger charge is 2.31. The maximum atomic E-state index is 13.4. The van der Waals surface area contributed by atoms with Crippen LogP contribution in [-0.2, 0) is 23.1 Å². The van der Waals surface area contributed by atoms with Crippen LogP contribution in [0.2, 0.25) is 0 Å². The van der Waals surface area contributed by atoms with Crippen molar-refractivity contribution in [3.63, 3.8) is 0 Å². The van der Waals surface area contributed by atoms with E-state index in [1.807, 2.05) is 12.1 Å². The first kappa shape index (κ1) is 30.5. The minimum absolute atomic E-state index is 0.0402. The second-order valence-corrected chi connectivity index (χ2v) is 11.5. The number of non-ortho nitro benzene ring substituents is 1. The average molecular weight is 573 g/mol. The first-order chi connectivity index (χ1) is 19.0. The third-order valence-electron chi connectivity index (χ3n) is 5.91. The van der Waals surface area contributed by atoms with Crippen LogP contribution in [0.4, 0.5) is 10.5 Å². The Morgan fingerprint density at radius 2 is 1.75 bits per heavy atom. The van der Waals surface area contributed by atoms with Gasteiger partial charge >= 0.3 is 6.09 Å². The van der Waals surface area contributed by atoms with Crippen molar-refractivity contribution < 1.29 is 33.1 Å². The number of hydrogen-bond acceptors (Lipinski definition) is 8. The highest BCUT2D eigenvalue weighted by atomic mass is 32.2. The fourth-order valence-electron chi connectivity index (χ4n) is 3.96. The van der Waals surface area contributed by atoms with Gasteiger partial charge in [0.1, 0.15) is 12.4 Å². The summed E-state index contributed by atoms with van der Waals surface area (Å²) < 4.78 is 33.5. The zero-order valence-electron chi connectivity index (χ0n) is 22.1. The molecule has 0 saturated carbocycles. The monoisotopic (exact) mass is 572 g/mol. The lowest BCUT2D eigenvalue weighted by atomic mass is 10.0. The van der Waals surface area contributed by atoms with E-state index in [9.17, 15) is 33.5 Å². The lowest BCUT2D eigenvalue weighted by Crippen LogP contribution is -2.50. The highest BCUT2D eigenvalue weighted by molar-refractivity contribution is 7.89. The summed E-state index contributed by atoms with van der Waals surface area (Å²) >= 11 is 0. The van der Waals surface area contributed by atoms with Crippen molar-refractivity contribution in [2.24, 2.45) is 5.92 Å². The number of aliphatic hydroxyl groups excluding tert-OH is 1. The van der Waals surface area contributed by atoms with E-state index in [1.54, 1.807) is 50.4 Å². The van der Waals surface area contributed by atoms with E-state index in [0.717, 1.165) is 34.3 Å². The van der Waals surface area contributed by atoms with Crippen LogP contribution in [0.15, 0.2) is 77.8 Å². The van der Waals surface area contributed by atoms with E-state index in [-0.39, 0.29) is 36.1 Å². The number of ether oxygens (including phenoxy) is 1. The normalized spacial score (nSPS) is 13.1. The Bertz CT molecular complexity index is 1370. The van der Waals surface area contributed by atoms with E-state index in [0.29, 0.717) is 11.3 Å². The first-order valence-electron chi connectivity index (χ1n) is 12.5. The Morgan fingerprint density at radius 3 is 2.30 bits per heavy atom. The minimum Gasteiger partial charge on any atom is -0.487 e. The van der Waals surface area contributed by atoms with Gasteiger partial charge in [0.15, 0.2) is 0 Å². The average Bonchev–Trinajstić information content (AvgIpc) is 2.92. The third-order valence-corrected chi connectivity index (χ3v) is 7.76. The predicted molar refractivity (Wildman–Crippen MR) is 146 cm³/mol. The number of nitrogens with zero attached hydrogens (tertiary/aromatic N) is 3. The highest BCUT2D eigenvalue weighted by Crippen LogP contribution is 2.22. The maximum Gasteiger partial charge on any atom is 0.404 e. The number of hydrogen-bond donors (Lipinski definition) is 3. The summed E-state index contributed by atoms with van der Waals surface area (Å²) in [5.41, 5.74) is 1.19. The van der Waals surface area contributed by atoms with Crippen LogP contribution in [0, 0.1) is 16.0 Å². The van der Waals surface area contributed by atoms with Crippen LogP contribution in [0.5, 0.6) is 5.75 Å². The molecule has 2 aromatic carbocycles. The molecule has 1 aromatic heterocycles. The molecule has 3 N–H and O–H groups in total. The quantitative estimate of drug-likeness (QED) is 0.193. The number of aliphatic hydroxyl groups is 1. The van der Waals surface area contributed by atoms with Crippen molar-refractivity contribution in [3.8, 4) is 5.75 Å². The topological polar surface area (TPSA) is 172 Å². The SMILES string of the molecule is CC(C)CN(C[C@H](O)[C@H](Cc1ccc(OCc2ccccn2)cc1)NC(=O)O)S(=O)(=O)c1ccc([N+](=O)[O-])cc1. The smallest absolute Gasteiger partial charge is 0.404 e. The molecule has 0 unspecified atom stereocenters. The number of carboxylic acid groups (broad SMARTS) is 1. The second kappa shape index (κ2) is 13.8. The lowest BCUT2D eigenvalue weighted by molar-refractivity contribution is -0.384. The standard InChI is InChI=1S/C27H32N4O8S/c1-19(2)16-30(40(37,38)24-12-8-22(9-13-24)31(35)36)17-26(32)25(29-27(33)34)15-20-6-10-23(11-7-20)39-18-21-5-3-4-14-28-21/h3-14,19,25-26,29,32H,15-18H2,1-2H3,(H,33,34)/t25-,26-/m0/s1. The summed E-state index contributed by atoms with van der Waals surface area (Å²) in [5, 5.41) is 33.7. The van der Waals surface area contributed by atoms with Crippen molar-refractivity contribution in [2.75, 3.05) is 13.1 Å². The number of pyridine rings is 1. The summed E-state index contributed by atoms with van der Waals surface area (Å²) in [7, 11) is -4.15. The molecule has 0 aliphatic carbocycles. The molecule has 3 aromatic rings. The molecule has 0 saturated heterocycles. The Hall–Kier alpha value is -4.07. The van der Waals surface area contributed by atoms with Crippen LogP contribution in [-0.4, -0.2) is 64.2 Å². The number of sulfonamides is 1. The van der Waals surface area contributed by atoms with Gasteiger partial charge in [-0.1, -0.05) is 32.0 Å². The van der Waals surface area contributed by atoms with Crippen LogP contribution in [0.1, 0.15) is 25.1 Å².